The second-order valence-corrected chi connectivity index (χ2v) is 5.78. The molecule has 0 fully saturated rings. The summed E-state index contributed by atoms with van der Waals surface area (Å²) in [5, 5.41) is 4.86. The first-order valence-electron chi connectivity index (χ1n) is 7.50. The summed E-state index contributed by atoms with van der Waals surface area (Å²) in [7, 11) is 3.35. The van der Waals surface area contributed by atoms with Gasteiger partial charge in [0.25, 0.3) is 0 Å². The summed E-state index contributed by atoms with van der Waals surface area (Å²) in [5.41, 5.74) is 4.66. The first-order chi connectivity index (χ1) is 11.5. The van der Waals surface area contributed by atoms with E-state index in [0.29, 0.717) is 11.3 Å². The number of aryl methyl sites for hydroxylation is 3. The van der Waals surface area contributed by atoms with Gasteiger partial charge in [-0.2, -0.15) is 0 Å². The maximum atomic E-state index is 11.9. The van der Waals surface area contributed by atoms with Crippen molar-refractivity contribution in [2.75, 3.05) is 7.11 Å². The predicted molar refractivity (Wildman–Crippen MR) is 90.4 cm³/mol. The average Bonchev–Trinajstić information content (AvgIpc) is 3.05. The lowest BCUT2D eigenvalue weighted by Crippen LogP contribution is -2.11. The standard InChI is InChI=1S/C17H16N4O3/c1-8-15(9(2)24-20-8)11-5-12-10(6-14(11)23-4)16-13(7-18-12)19-17(22)21(16)3/h5-7H,1-4H3,(H,19,22). The van der Waals surface area contributed by atoms with Crippen LogP contribution in [0, 0.1) is 13.8 Å². The van der Waals surface area contributed by atoms with Crippen molar-refractivity contribution in [3.05, 3.63) is 40.3 Å². The third kappa shape index (κ3) is 1.87. The van der Waals surface area contributed by atoms with E-state index in [1.807, 2.05) is 26.0 Å². The minimum absolute atomic E-state index is 0.173. The Morgan fingerprint density at radius 1 is 1.29 bits per heavy atom. The highest BCUT2D eigenvalue weighted by atomic mass is 16.5. The molecule has 4 rings (SSSR count). The van der Waals surface area contributed by atoms with Gasteiger partial charge in [0.1, 0.15) is 11.5 Å². The lowest BCUT2D eigenvalue weighted by atomic mass is 10.0. The molecule has 0 spiro atoms. The van der Waals surface area contributed by atoms with E-state index in [-0.39, 0.29) is 5.69 Å². The van der Waals surface area contributed by atoms with Crippen molar-refractivity contribution in [1.82, 2.24) is 19.7 Å². The number of nitrogens with zero attached hydrogens (tertiary/aromatic N) is 3. The van der Waals surface area contributed by atoms with Crippen LogP contribution in [0.4, 0.5) is 0 Å². The van der Waals surface area contributed by atoms with E-state index in [9.17, 15) is 4.79 Å². The van der Waals surface area contributed by atoms with E-state index in [0.717, 1.165) is 39.0 Å². The summed E-state index contributed by atoms with van der Waals surface area (Å²) in [6, 6.07) is 3.84. The molecule has 7 nitrogen and oxygen atoms in total. The van der Waals surface area contributed by atoms with Crippen LogP contribution in [0.25, 0.3) is 33.1 Å². The number of nitrogens with one attached hydrogen (secondary N) is 1. The highest BCUT2D eigenvalue weighted by molar-refractivity contribution is 6.04. The number of benzene rings is 1. The zero-order valence-corrected chi connectivity index (χ0v) is 13.8. The molecular formula is C17H16N4O3. The fraction of sp³-hybridized carbons (Fsp3) is 0.235. The summed E-state index contributed by atoms with van der Waals surface area (Å²) in [5.74, 6) is 1.40. The molecule has 1 aromatic carbocycles. The number of hydrogen-bond acceptors (Lipinski definition) is 5. The zero-order valence-electron chi connectivity index (χ0n) is 13.8. The zero-order chi connectivity index (χ0) is 17.0. The van der Waals surface area contributed by atoms with Crippen LogP contribution in [0.5, 0.6) is 5.75 Å². The van der Waals surface area contributed by atoms with Crippen LogP contribution in [-0.4, -0.2) is 26.8 Å². The summed E-state index contributed by atoms with van der Waals surface area (Å²) in [6.07, 6.45) is 1.67. The maximum absolute atomic E-state index is 11.9. The largest absolute Gasteiger partial charge is 0.496 e. The van der Waals surface area contributed by atoms with Crippen LogP contribution in [-0.2, 0) is 7.05 Å². The average molecular weight is 324 g/mol. The lowest BCUT2D eigenvalue weighted by Gasteiger charge is -2.11. The number of aromatic nitrogens is 4. The molecule has 0 bridgehead atoms. The molecule has 0 radical (unpaired) electrons. The van der Waals surface area contributed by atoms with Gasteiger partial charge in [0.15, 0.2) is 0 Å². The molecular weight excluding hydrogens is 308 g/mol. The van der Waals surface area contributed by atoms with Gasteiger partial charge in [-0.15, -0.1) is 0 Å². The molecule has 24 heavy (non-hydrogen) atoms. The van der Waals surface area contributed by atoms with Gasteiger partial charge in [-0.1, -0.05) is 5.16 Å². The molecule has 122 valence electrons. The van der Waals surface area contributed by atoms with E-state index < -0.39 is 0 Å². The van der Waals surface area contributed by atoms with Gasteiger partial charge in [0.05, 0.1) is 41.1 Å². The fourth-order valence-corrected chi connectivity index (χ4v) is 3.19. The van der Waals surface area contributed by atoms with Crippen molar-refractivity contribution < 1.29 is 9.26 Å². The summed E-state index contributed by atoms with van der Waals surface area (Å²) >= 11 is 0. The Morgan fingerprint density at radius 3 is 2.75 bits per heavy atom. The van der Waals surface area contributed by atoms with Gasteiger partial charge >= 0.3 is 5.69 Å². The first-order valence-corrected chi connectivity index (χ1v) is 7.50. The Balaban J connectivity index is 2.13. The normalized spacial score (nSPS) is 11.5. The Labute approximate surface area is 136 Å². The Kier molecular flexibility index (Phi) is 2.99. The molecule has 3 aromatic heterocycles. The number of fused-ring (bicyclic) bond motifs is 3. The molecule has 0 aliphatic rings. The smallest absolute Gasteiger partial charge is 0.326 e. The van der Waals surface area contributed by atoms with Gasteiger partial charge in [-0.3, -0.25) is 9.55 Å². The van der Waals surface area contributed by atoms with Crippen LogP contribution >= 0.6 is 0 Å². The number of H-pyrrole nitrogens is 1. The molecule has 3 heterocycles. The van der Waals surface area contributed by atoms with Crippen molar-refractivity contribution in [2.24, 2.45) is 7.05 Å². The number of methoxy groups -OCH3 is 1. The van der Waals surface area contributed by atoms with E-state index in [1.165, 1.54) is 0 Å². The Morgan fingerprint density at radius 2 is 2.08 bits per heavy atom. The number of rotatable bonds is 2. The summed E-state index contributed by atoms with van der Waals surface area (Å²) in [4.78, 5) is 19.2. The Hall–Kier alpha value is -3.09. The summed E-state index contributed by atoms with van der Waals surface area (Å²) < 4.78 is 12.4. The van der Waals surface area contributed by atoms with E-state index in [2.05, 4.69) is 15.1 Å². The lowest BCUT2D eigenvalue weighted by molar-refractivity contribution is 0.393. The molecule has 7 heteroatoms. The molecule has 0 saturated heterocycles. The van der Waals surface area contributed by atoms with Gasteiger partial charge in [0, 0.05) is 18.0 Å². The maximum Gasteiger partial charge on any atom is 0.326 e. The molecule has 0 unspecified atom stereocenters. The predicted octanol–water partition coefficient (Wildman–Crippen LogP) is 2.70. The third-order valence-corrected chi connectivity index (χ3v) is 4.35. The van der Waals surface area contributed by atoms with Crippen LogP contribution < -0.4 is 10.4 Å². The van der Waals surface area contributed by atoms with Crippen molar-refractivity contribution in [3.8, 4) is 16.9 Å². The van der Waals surface area contributed by atoms with Gasteiger partial charge in [-0.25, -0.2) is 4.79 Å². The highest BCUT2D eigenvalue weighted by Crippen LogP contribution is 2.38. The van der Waals surface area contributed by atoms with E-state index in [4.69, 9.17) is 9.26 Å². The van der Waals surface area contributed by atoms with Crippen LogP contribution in [0.1, 0.15) is 11.5 Å². The topological polar surface area (TPSA) is 85.9 Å². The van der Waals surface area contributed by atoms with Crippen molar-refractivity contribution in [3.63, 3.8) is 0 Å². The minimum Gasteiger partial charge on any atom is -0.496 e. The molecule has 0 atom stereocenters. The molecule has 0 saturated carbocycles. The second-order valence-electron chi connectivity index (χ2n) is 5.78. The number of imidazole rings is 1. The number of aromatic amines is 1. The van der Waals surface area contributed by atoms with Crippen LogP contribution in [0.2, 0.25) is 0 Å². The van der Waals surface area contributed by atoms with E-state index in [1.54, 1.807) is 24.9 Å². The number of pyridine rings is 1. The molecule has 1 N–H and O–H groups in total. The highest BCUT2D eigenvalue weighted by Gasteiger charge is 2.19. The molecule has 0 aliphatic carbocycles. The first kappa shape index (κ1) is 14.5. The molecule has 4 aromatic rings. The van der Waals surface area contributed by atoms with Crippen LogP contribution in [0.3, 0.4) is 0 Å². The van der Waals surface area contributed by atoms with Gasteiger partial charge in [-0.05, 0) is 26.0 Å². The Bertz CT molecular complexity index is 1130. The molecule has 0 aliphatic heterocycles. The van der Waals surface area contributed by atoms with Crippen LogP contribution in [0.15, 0.2) is 27.6 Å². The summed E-state index contributed by atoms with van der Waals surface area (Å²) in [6.45, 7) is 3.76. The fourth-order valence-electron chi connectivity index (χ4n) is 3.19. The van der Waals surface area contributed by atoms with Crippen molar-refractivity contribution >= 4 is 21.9 Å². The number of hydrogen-bond donors (Lipinski definition) is 1. The number of ether oxygens (including phenoxy) is 1. The third-order valence-electron chi connectivity index (χ3n) is 4.35. The minimum atomic E-state index is -0.173. The second kappa shape index (κ2) is 4.95. The molecule has 0 amide bonds. The van der Waals surface area contributed by atoms with Crippen molar-refractivity contribution in [2.45, 2.75) is 13.8 Å². The quantitative estimate of drug-likeness (QED) is 0.612. The van der Waals surface area contributed by atoms with E-state index >= 15 is 0 Å². The SMILES string of the molecule is COc1cc2c(cc1-c1c(C)noc1C)ncc1[nH]c(=O)n(C)c12. The van der Waals surface area contributed by atoms with Crippen molar-refractivity contribution in [1.29, 1.82) is 0 Å². The van der Waals surface area contributed by atoms with Gasteiger partial charge in [0.2, 0.25) is 0 Å². The van der Waals surface area contributed by atoms with Gasteiger partial charge < -0.3 is 14.2 Å². The monoisotopic (exact) mass is 324 g/mol.